The summed E-state index contributed by atoms with van der Waals surface area (Å²) in [6.45, 7) is 2.42. The van der Waals surface area contributed by atoms with Gasteiger partial charge in [-0.3, -0.25) is 4.79 Å². The quantitative estimate of drug-likeness (QED) is 0.804. The van der Waals surface area contributed by atoms with E-state index in [0.29, 0.717) is 23.6 Å². The van der Waals surface area contributed by atoms with Gasteiger partial charge in [-0.05, 0) is 48.7 Å². The van der Waals surface area contributed by atoms with Crippen LogP contribution in [0.1, 0.15) is 21.5 Å². The highest BCUT2D eigenvalue weighted by Gasteiger charge is 2.14. The maximum Gasteiger partial charge on any atom is 0.251 e. The third kappa shape index (κ3) is 4.16. The Hall–Kier alpha value is -2.69. The first-order chi connectivity index (χ1) is 11.0. The van der Waals surface area contributed by atoms with Gasteiger partial charge in [0.25, 0.3) is 5.91 Å². The Labute approximate surface area is 136 Å². The monoisotopic (exact) mass is 314 g/mol. The fourth-order valence-corrected chi connectivity index (χ4v) is 2.33. The van der Waals surface area contributed by atoms with Crippen LogP contribution in [0.25, 0.3) is 0 Å². The molecule has 2 rings (SSSR count). The summed E-state index contributed by atoms with van der Waals surface area (Å²) in [6.07, 6.45) is 0.748. The fraction of sp³-hybridized carbons (Fsp3) is 0.278. The summed E-state index contributed by atoms with van der Waals surface area (Å²) in [5.41, 5.74) is 8.94. The highest BCUT2D eigenvalue weighted by atomic mass is 16.5. The number of aryl methyl sites for hydroxylation is 1. The summed E-state index contributed by atoms with van der Waals surface area (Å²) in [5, 5.41) is 2.93. The summed E-state index contributed by atoms with van der Waals surface area (Å²) < 4.78 is 10.5. The lowest BCUT2D eigenvalue weighted by Gasteiger charge is -2.13. The van der Waals surface area contributed by atoms with Gasteiger partial charge in [0.2, 0.25) is 0 Å². The Balaban J connectivity index is 2.01. The second-order valence-electron chi connectivity index (χ2n) is 5.27. The van der Waals surface area contributed by atoms with E-state index < -0.39 is 0 Å². The summed E-state index contributed by atoms with van der Waals surface area (Å²) in [7, 11) is 3.12. The van der Waals surface area contributed by atoms with Gasteiger partial charge in [-0.25, -0.2) is 0 Å². The summed E-state index contributed by atoms with van der Waals surface area (Å²) in [4.78, 5) is 12.4. The van der Waals surface area contributed by atoms with Crippen LogP contribution in [-0.2, 0) is 6.42 Å². The van der Waals surface area contributed by atoms with Gasteiger partial charge in [-0.15, -0.1) is 0 Å². The molecule has 122 valence electrons. The SMILES string of the molecule is COc1cc(C)c(C(=O)NCCc2ccc(N)cc2)cc1OC. The van der Waals surface area contributed by atoms with Crippen LogP contribution in [0.5, 0.6) is 11.5 Å². The highest BCUT2D eigenvalue weighted by Crippen LogP contribution is 2.30. The lowest BCUT2D eigenvalue weighted by molar-refractivity contribution is 0.0953. The van der Waals surface area contributed by atoms with Crippen LogP contribution in [0.4, 0.5) is 5.69 Å². The minimum absolute atomic E-state index is 0.126. The molecule has 0 saturated heterocycles. The van der Waals surface area contributed by atoms with Crippen molar-refractivity contribution in [2.75, 3.05) is 26.5 Å². The van der Waals surface area contributed by atoms with Crippen molar-refractivity contribution in [1.82, 2.24) is 5.32 Å². The number of anilines is 1. The molecule has 0 saturated carbocycles. The van der Waals surface area contributed by atoms with Crippen LogP contribution in [0.2, 0.25) is 0 Å². The van der Waals surface area contributed by atoms with Crippen LogP contribution in [0, 0.1) is 6.92 Å². The van der Waals surface area contributed by atoms with Gasteiger partial charge < -0.3 is 20.5 Å². The van der Waals surface area contributed by atoms with Crippen molar-refractivity contribution in [3.05, 3.63) is 53.1 Å². The van der Waals surface area contributed by atoms with Crippen molar-refractivity contribution >= 4 is 11.6 Å². The Bertz CT molecular complexity index is 681. The van der Waals surface area contributed by atoms with Crippen molar-refractivity contribution in [2.45, 2.75) is 13.3 Å². The number of carbonyl (C=O) groups is 1. The van der Waals surface area contributed by atoms with Crippen LogP contribution in [0.3, 0.4) is 0 Å². The molecule has 2 aromatic carbocycles. The molecule has 0 aromatic heterocycles. The molecule has 0 radical (unpaired) electrons. The first kappa shape index (κ1) is 16.7. The van der Waals surface area contributed by atoms with Crippen molar-refractivity contribution in [3.8, 4) is 11.5 Å². The first-order valence-corrected chi connectivity index (χ1v) is 7.40. The molecule has 23 heavy (non-hydrogen) atoms. The molecule has 0 atom stereocenters. The van der Waals surface area contributed by atoms with Crippen molar-refractivity contribution in [1.29, 1.82) is 0 Å². The van der Waals surface area contributed by atoms with Crippen LogP contribution in [-0.4, -0.2) is 26.7 Å². The maximum absolute atomic E-state index is 12.4. The molecule has 0 spiro atoms. The number of benzene rings is 2. The number of nitrogens with two attached hydrogens (primary N) is 1. The van der Waals surface area contributed by atoms with E-state index in [2.05, 4.69) is 5.32 Å². The summed E-state index contributed by atoms with van der Waals surface area (Å²) in [6, 6.07) is 11.1. The van der Waals surface area contributed by atoms with Gasteiger partial charge in [0.05, 0.1) is 14.2 Å². The molecule has 0 fully saturated rings. The van der Waals surface area contributed by atoms with Gasteiger partial charge in [0.15, 0.2) is 11.5 Å². The smallest absolute Gasteiger partial charge is 0.251 e. The topological polar surface area (TPSA) is 73.6 Å². The number of ether oxygens (including phenoxy) is 2. The predicted octanol–water partition coefficient (Wildman–Crippen LogP) is 2.57. The Morgan fingerprint density at radius 1 is 1.09 bits per heavy atom. The second-order valence-corrected chi connectivity index (χ2v) is 5.27. The van der Waals surface area contributed by atoms with Crippen molar-refractivity contribution < 1.29 is 14.3 Å². The van der Waals surface area contributed by atoms with Crippen molar-refractivity contribution in [2.24, 2.45) is 0 Å². The molecule has 2 aromatic rings. The predicted molar refractivity (Wildman–Crippen MR) is 91.2 cm³/mol. The van der Waals surface area contributed by atoms with Gasteiger partial charge in [0, 0.05) is 17.8 Å². The molecule has 0 bridgehead atoms. The van der Waals surface area contributed by atoms with Crippen LogP contribution >= 0.6 is 0 Å². The van der Waals surface area contributed by atoms with Crippen LogP contribution in [0.15, 0.2) is 36.4 Å². The number of amides is 1. The molecular formula is C18H22N2O3. The normalized spacial score (nSPS) is 10.2. The van der Waals surface area contributed by atoms with Gasteiger partial charge >= 0.3 is 0 Å². The standard InChI is InChI=1S/C18H22N2O3/c1-12-10-16(22-2)17(23-3)11-15(12)18(21)20-9-8-13-4-6-14(19)7-5-13/h4-7,10-11H,8-9,19H2,1-3H3,(H,20,21). The number of hydrogen-bond acceptors (Lipinski definition) is 4. The Morgan fingerprint density at radius 3 is 2.30 bits per heavy atom. The zero-order chi connectivity index (χ0) is 16.8. The average Bonchev–Trinajstić information content (AvgIpc) is 2.56. The van der Waals surface area contributed by atoms with Gasteiger partial charge in [0.1, 0.15) is 0 Å². The van der Waals surface area contributed by atoms with E-state index in [9.17, 15) is 4.79 Å². The lowest BCUT2D eigenvalue weighted by atomic mass is 10.1. The number of rotatable bonds is 6. The third-order valence-corrected chi connectivity index (χ3v) is 3.65. The van der Waals surface area contributed by atoms with E-state index in [-0.39, 0.29) is 5.91 Å². The van der Waals surface area contributed by atoms with E-state index >= 15 is 0 Å². The fourth-order valence-electron chi connectivity index (χ4n) is 2.33. The maximum atomic E-state index is 12.4. The van der Waals surface area contributed by atoms with Gasteiger partial charge in [-0.1, -0.05) is 12.1 Å². The molecular weight excluding hydrogens is 292 g/mol. The number of methoxy groups -OCH3 is 2. The second kappa shape index (κ2) is 7.54. The van der Waals surface area contributed by atoms with Gasteiger partial charge in [-0.2, -0.15) is 0 Å². The zero-order valence-electron chi connectivity index (χ0n) is 13.7. The summed E-state index contributed by atoms with van der Waals surface area (Å²) in [5.74, 6) is 1.03. The van der Waals surface area contributed by atoms with E-state index in [4.69, 9.17) is 15.2 Å². The highest BCUT2D eigenvalue weighted by molar-refractivity contribution is 5.96. The van der Waals surface area contributed by atoms with E-state index in [1.165, 1.54) is 0 Å². The molecule has 0 aliphatic heterocycles. The van der Waals surface area contributed by atoms with E-state index in [0.717, 1.165) is 23.2 Å². The Kier molecular flexibility index (Phi) is 5.46. The number of nitrogens with one attached hydrogen (secondary N) is 1. The zero-order valence-corrected chi connectivity index (χ0v) is 13.7. The average molecular weight is 314 g/mol. The van der Waals surface area contributed by atoms with E-state index in [1.54, 1.807) is 26.4 Å². The minimum Gasteiger partial charge on any atom is -0.493 e. The van der Waals surface area contributed by atoms with Crippen LogP contribution < -0.4 is 20.5 Å². The number of carbonyl (C=O) groups excluding carboxylic acids is 1. The van der Waals surface area contributed by atoms with E-state index in [1.807, 2.05) is 31.2 Å². The van der Waals surface area contributed by atoms with Crippen molar-refractivity contribution in [3.63, 3.8) is 0 Å². The Morgan fingerprint density at radius 2 is 1.70 bits per heavy atom. The number of nitrogen functional groups attached to an aromatic ring is 1. The third-order valence-electron chi connectivity index (χ3n) is 3.65. The molecule has 3 N–H and O–H groups in total. The lowest BCUT2D eigenvalue weighted by Crippen LogP contribution is -2.26. The largest absolute Gasteiger partial charge is 0.493 e. The molecule has 0 aliphatic carbocycles. The molecule has 0 heterocycles. The molecule has 1 amide bonds. The molecule has 5 nitrogen and oxygen atoms in total. The molecule has 0 aliphatic rings. The summed E-state index contributed by atoms with van der Waals surface area (Å²) >= 11 is 0. The minimum atomic E-state index is -0.126. The first-order valence-electron chi connectivity index (χ1n) is 7.40. The molecule has 0 unspecified atom stereocenters. The molecule has 5 heteroatoms. The number of hydrogen-bond donors (Lipinski definition) is 2.